The van der Waals surface area contributed by atoms with Gasteiger partial charge in [-0.2, -0.15) is 0 Å². The smallest absolute Gasteiger partial charge is 0.271 e. The van der Waals surface area contributed by atoms with E-state index in [4.69, 9.17) is 17.3 Å². The molecule has 1 aromatic carbocycles. The van der Waals surface area contributed by atoms with Crippen LogP contribution in [0.1, 0.15) is 13.8 Å². The van der Waals surface area contributed by atoms with Gasteiger partial charge < -0.3 is 11.1 Å². The van der Waals surface area contributed by atoms with E-state index in [-0.39, 0.29) is 23.2 Å². The standard InChI is InChI=1S/C11H14ClN3O3/c1-11(2,6-13)10(16)14-9-4-3-7(15(17)18)5-8(9)12/h3-5H,6,13H2,1-2H3,(H,14,16). The fraction of sp³-hybridized carbons (Fsp3) is 0.364. The van der Waals surface area contributed by atoms with Crippen LogP contribution in [0, 0.1) is 15.5 Å². The van der Waals surface area contributed by atoms with E-state index in [9.17, 15) is 14.9 Å². The largest absolute Gasteiger partial charge is 0.329 e. The number of non-ortho nitro benzene ring substituents is 1. The number of anilines is 1. The molecule has 18 heavy (non-hydrogen) atoms. The number of halogens is 1. The van der Waals surface area contributed by atoms with Gasteiger partial charge in [0.1, 0.15) is 0 Å². The van der Waals surface area contributed by atoms with E-state index in [0.717, 1.165) is 0 Å². The summed E-state index contributed by atoms with van der Waals surface area (Å²) >= 11 is 5.86. The molecular weight excluding hydrogens is 258 g/mol. The molecular formula is C11H14ClN3O3. The summed E-state index contributed by atoms with van der Waals surface area (Å²) in [7, 11) is 0. The number of carbonyl (C=O) groups is 1. The van der Waals surface area contributed by atoms with E-state index < -0.39 is 10.3 Å². The molecule has 1 amide bonds. The van der Waals surface area contributed by atoms with E-state index in [2.05, 4.69) is 5.32 Å². The first-order chi connectivity index (χ1) is 8.27. The Morgan fingerprint density at radius 2 is 2.17 bits per heavy atom. The number of nitrogens with one attached hydrogen (secondary N) is 1. The highest BCUT2D eigenvalue weighted by molar-refractivity contribution is 6.34. The molecule has 0 aromatic heterocycles. The van der Waals surface area contributed by atoms with Crippen molar-refractivity contribution in [2.75, 3.05) is 11.9 Å². The summed E-state index contributed by atoms with van der Waals surface area (Å²) in [6.45, 7) is 3.58. The highest BCUT2D eigenvalue weighted by atomic mass is 35.5. The van der Waals surface area contributed by atoms with Crippen LogP contribution in [0.15, 0.2) is 18.2 Å². The molecule has 0 atom stereocenters. The lowest BCUT2D eigenvalue weighted by Gasteiger charge is -2.21. The van der Waals surface area contributed by atoms with Crippen molar-refractivity contribution < 1.29 is 9.72 Å². The zero-order valence-corrected chi connectivity index (χ0v) is 10.8. The molecule has 0 heterocycles. The summed E-state index contributed by atoms with van der Waals surface area (Å²) in [5.41, 5.74) is 4.95. The lowest BCUT2D eigenvalue weighted by molar-refractivity contribution is -0.384. The number of hydrogen-bond donors (Lipinski definition) is 2. The second-order valence-electron chi connectivity index (χ2n) is 4.46. The molecule has 0 spiro atoms. The number of nitrogens with zero attached hydrogens (tertiary/aromatic N) is 1. The van der Waals surface area contributed by atoms with Gasteiger partial charge in [0.25, 0.3) is 5.69 Å². The summed E-state index contributed by atoms with van der Waals surface area (Å²) in [6.07, 6.45) is 0. The number of hydrogen-bond acceptors (Lipinski definition) is 4. The van der Waals surface area contributed by atoms with Gasteiger partial charge in [0.2, 0.25) is 5.91 Å². The number of carbonyl (C=O) groups excluding carboxylic acids is 1. The van der Waals surface area contributed by atoms with Crippen molar-refractivity contribution in [3.05, 3.63) is 33.3 Å². The predicted molar refractivity (Wildman–Crippen MR) is 69.6 cm³/mol. The zero-order valence-electron chi connectivity index (χ0n) is 10.1. The van der Waals surface area contributed by atoms with Crippen molar-refractivity contribution in [2.45, 2.75) is 13.8 Å². The van der Waals surface area contributed by atoms with E-state index in [1.165, 1.54) is 18.2 Å². The number of nitro groups is 1. The molecule has 0 unspecified atom stereocenters. The fourth-order valence-electron chi connectivity index (χ4n) is 1.10. The predicted octanol–water partition coefficient (Wildman–Crippen LogP) is 2.17. The topological polar surface area (TPSA) is 98.3 Å². The number of amides is 1. The maximum atomic E-state index is 11.9. The summed E-state index contributed by atoms with van der Waals surface area (Å²) in [6, 6.07) is 3.86. The van der Waals surface area contributed by atoms with Gasteiger partial charge in [0, 0.05) is 18.7 Å². The molecule has 3 N–H and O–H groups in total. The SMILES string of the molecule is CC(C)(CN)C(=O)Nc1ccc([N+](=O)[O-])cc1Cl. The Morgan fingerprint density at radius 1 is 1.56 bits per heavy atom. The lowest BCUT2D eigenvalue weighted by atomic mass is 9.92. The number of nitro benzene ring substituents is 1. The van der Waals surface area contributed by atoms with Gasteiger partial charge in [-0.05, 0) is 19.9 Å². The minimum absolute atomic E-state index is 0.116. The van der Waals surface area contributed by atoms with Crippen LogP contribution in [-0.2, 0) is 4.79 Å². The van der Waals surface area contributed by atoms with Crippen molar-refractivity contribution in [3.8, 4) is 0 Å². The average Bonchev–Trinajstić information content (AvgIpc) is 2.31. The van der Waals surface area contributed by atoms with Crippen molar-refractivity contribution in [3.63, 3.8) is 0 Å². The molecule has 1 rings (SSSR count). The summed E-state index contributed by atoms with van der Waals surface area (Å²) in [4.78, 5) is 21.8. The van der Waals surface area contributed by atoms with Crippen LogP contribution in [-0.4, -0.2) is 17.4 Å². The van der Waals surface area contributed by atoms with Gasteiger partial charge in [-0.15, -0.1) is 0 Å². The van der Waals surface area contributed by atoms with Crippen LogP contribution >= 0.6 is 11.6 Å². The Kier molecular flexibility index (Phi) is 4.26. The molecule has 0 aliphatic heterocycles. The zero-order chi connectivity index (χ0) is 13.9. The Hall–Kier alpha value is -1.66. The number of benzene rings is 1. The molecule has 0 aliphatic rings. The Bertz CT molecular complexity index is 488. The monoisotopic (exact) mass is 271 g/mol. The molecule has 98 valence electrons. The molecule has 7 heteroatoms. The minimum Gasteiger partial charge on any atom is -0.329 e. The van der Waals surface area contributed by atoms with Crippen LogP contribution in [0.5, 0.6) is 0 Å². The highest BCUT2D eigenvalue weighted by Gasteiger charge is 2.26. The van der Waals surface area contributed by atoms with Gasteiger partial charge >= 0.3 is 0 Å². The Balaban J connectivity index is 2.93. The fourth-order valence-corrected chi connectivity index (χ4v) is 1.33. The second kappa shape index (κ2) is 5.32. The van der Waals surface area contributed by atoms with Crippen LogP contribution in [0.4, 0.5) is 11.4 Å². The van der Waals surface area contributed by atoms with E-state index in [1.54, 1.807) is 13.8 Å². The molecule has 6 nitrogen and oxygen atoms in total. The first-order valence-electron chi connectivity index (χ1n) is 5.23. The quantitative estimate of drug-likeness (QED) is 0.647. The van der Waals surface area contributed by atoms with Crippen LogP contribution in [0.25, 0.3) is 0 Å². The number of nitrogens with two attached hydrogens (primary N) is 1. The lowest BCUT2D eigenvalue weighted by Crippen LogP contribution is -2.37. The Labute approximate surface area is 109 Å². The molecule has 0 aliphatic carbocycles. The van der Waals surface area contributed by atoms with E-state index in [0.29, 0.717) is 5.69 Å². The second-order valence-corrected chi connectivity index (χ2v) is 4.87. The third-order valence-corrected chi connectivity index (χ3v) is 2.85. The first-order valence-corrected chi connectivity index (χ1v) is 5.61. The molecule has 0 saturated carbocycles. The third kappa shape index (κ3) is 3.18. The summed E-state index contributed by atoms with van der Waals surface area (Å²) in [5.74, 6) is -0.291. The van der Waals surface area contributed by atoms with Crippen molar-refractivity contribution in [1.82, 2.24) is 0 Å². The maximum Gasteiger partial charge on any atom is 0.271 e. The van der Waals surface area contributed by atoms with Crippen molar-refractivity contribution >= 4 is 28.9 Å². The van der Waals surface area contributed by atoms with Gasteiger partial charge in [-0.3, -0.25) is 14.9 Å². The first kappa shape index (κ1) is 14.4. The van der Waals surface area contributed by atoms with Crippen molar-refractivity contribution in [2.24, 2.45) is 11.1 Å². The van der Waals surface area contributed by atoms with Gasteiger partial charge in [-0.25, -0.2) is 0 Å². The van der Waals surface area contributed by atoms with Crippen LogP contribution in [0.2, 0.25) is 5.02 Å². The molecule has 0 bridgehead atoms. The number of rotatable bonds is 4. The van der Waals surface area contributed by atoms with Crippen molar-refractivity contribution in [1.29, 1.82) is 0 Å². The third-order valence-electron chi connectivity index (χ3n) is 2.54. The van der Waals surface area contributed by atoms with Crippen LogP contribution in [0.3, 0.4) is 0 Å². The van der Waals surface area contributed by atoms with Gasteiger partial charge in [-0.1, -0.05) is 11.6 Å². The average molecular weight is 272 g/mol. The molecule has 0 fully saturated rings. The summed E-state index contributed by atoms with van der Waals surface area (Å²) in [5, 5.41) is 13.2. The van der Waals surface area contributed by atoms with E-state index >= 15 is 0 Å². The molecule has 1 aromatic rings. The Morgan fingerprint density at radius 3 is 2.61 bits per heavy atom. The summed E-state index contributed by atoms with van der Waals surface area (Å²) < 4.78 is 0. The molecule has 0 saturated heterocycles. The van der Waals surface area contributed by atoms with Crippen LogP contribution < -0.4 is 11.1 Å². The minimum atomic E-state index is -0.731. The molecule has 0 radical (unpaired) electrons. The van der Waals surface area contributed by atoms with E-state index in [1.807, 2.05) is 0 Å². The normalized spacial score (nSPS) is 11.1. The van der Waals surface area contributed by atoms with Gasteiger partial charge in [0.05, 0.1) is 21.0 Å². The van der Waals surface area contributed by atoms with Gasteiger partial charge in [0.15, 0.2) is 0 Å². The highest BCUT2D eigenvalue weighted by Crippen LogP contribution is 2.28. The maximum absolute atomic E-state index is 11.9.